The van der Waals surface area contributed by atoms with Crippen molar-refractivity contribution in [3.05, 3.63) is 101 Å². The van der Waals surface area contributed by atoms with Crippen molar-refractivity contribution in [3.8, 4) is 27.5 Å². The number of carbonyl (C=O) groups is 1. The number of furan rings is 1. The number of fused-ring (bicyclic) bond motifs is 1. The first-order chi connectivity index (χ1) is 18.0. The summed E-state index contributed by atoms with van der Waals surface area (Å²) in [6.07, 6.45) is 1.91. The Labute approximate surface area is 221 Å². The SMILES string of the molecule is Cc1ccc2c(C)c(C(=O)Nc3nnc(-c4cn(-c5ccccc5)nc4-c4ccc(Cl)cc4)s3)oc2c1. The molecule has 9 heteroatoms. The summed E-state index contributed by atoms with van der Waals surface area (Å²) in [6, 6.07) is 23.2. The quantitative estimate of drug-likeness (QED) is 0.255. The van der Waals surface area contributed by atoms with Crippen LogP contribution in [0.15, 0.2) is 83.4 Å². The second-order valence-electron chi connectivity index (χ2n) is 8.60. The number of nitrogens with one attached hydrogen (secondary N) is 1. The Bertz CT molecular complexity index is 1750. The number of carbonyl (C=O) groups excluding carboxylic acids is 1. The van der Waals surface area contributed by atoms with E-state index < -0.39 is 0 Å². The molecule has 0 saturated carbocycles. The molecule has 0 atom stereocenters. The van der Waals surface area contributed by atoms with E-state index in [1.807, 2.05) is 92.8 Å². The molecule has 0 fully saturated rings. The lowest BCUT2D eigenvalue weighted by molar-refractivity contribution is 0.0998. The summed E-state index contributed by atoms with van der Waals surface area (Å²) in [5, 5.41) is 18.8. The maximum absolute atomic E-state index is 13.0. The zero-order chi connectivity index (χ0) is 25.5. The number of nitrogens with zero attached hydrogens (tertiary/aromatic N) is 4. The number of anilines is 1. The van der Waals surface area contributed by atoms with Crippen LogP contribution in [0.1, 0.15) is 21.7 Å². The topological polar surface area (TPSA) is 85.8 Å². The van der Waals surface area contributed by atoms with Gasteiger partial charge in [0.2, 0.25) is 5.13 Å². The van der Waals surface area contributed by atoms with Crippen molar-refractivity contribution in [1.29, 1.82) is 0 Å². The summed E-state index contributed by atoms with van der Waals surface area (Å²) in [5.41, 5.74) is 5.86. The molecule has 6 aromatic rings. The van der Waals surface area contributed by atoms with Crippen molar-refractivity contribution < 1.29 is 9.21 Å². The van der Waals surface area contributed by atoms with E-state index in [1.165, 1.54) is 11.3 Å². The van der Waals surface area contributed by atoms with Crippen LogP contribution in [0.25, 0.3) is 38.5 Å². The first-order valence-corrected chi connectivity index (χ1v) is 12.7. The second kappa shape index (κ2) is 9.31. The summed E-state index contributed by atoms with van der Waals surface area (Å²) < 4.78 is 7.67. The molecule has 0 spiro atoms. The van der Waals surface area contributed by atoms with Crippen LogP contribution < -0.4 is 5.32 Å². The normalized spacial score (nSPS) is 11.2. The van der Waals surface area contributed by atoms with E-state index >= 15 is 0 Å². The molecule has 0 radical (unpaired) electrons. The number of hydrogen-bond acceptors (Lipinski definition) is 6. The van der Waals surface area contributed by atoms with Gasteiger partial charge in [-0.25, -0.2) is 4.68 Å². The van der Waals surface area contributed by atoms with E-state index in [0.29, 0.717) is 20.7 Å². The van der Waals surface area contributed by atoms with Crippen LogP contribution in [0.5, 0.6) is 0 Å². The van der Waals surface area contributed by atoms with Crippen molar-refractivity contribution in [2.24, 2.45) is 0 Å². The molecule has 3 aromatic heterocycles. The van der Waals surface area contributed by atoms with Gasteiger partial charge in [0.1, 0.15) is 11.3 Å². The first kappa shape index (κ1) is 23.1. The lowest BCUT2D eigenvalue weighted by Gasteiger charge is -2.01. The van der Waals surface area contributed by atoms with Crippen LogP contribution in [0.4, 0.5) is 5.13 Å². The molecule has 0 aliphatic carbocycles. The highest BCUT2D eigenvalue weighted by molar-refractivity contribution is 7.18. The van der Waals surface area contributed by atoms with Gasteiger partial charge in [-0.3, -0.25) is 10.1 Å². The van der Waals surface area contributed by atoms with Gasteiger partial charge >= 0.3 is 0 Å². The molecule has 1 N–H and O–H groups in total. The molecule has 7 nitrogen and oxygen atoms in total. The molecule has 0 unspecified atom stereocenters. The number of benzene rings is 3. The van der Waals surface area contributed by atoms with Crippen LogP contribution in [0.3, 0.4) is 0 Å². The summed E-state index contributed by atoms with van der Waals surface area (Å²) >= 11 is 7.38. The minimum absolute atomic E-state index is 0.260. The van der Waals surface area contributed by atoms with Gasteiger partial charge in [0.15, 0.2) is 10.8 Å². The lowest BCUT2D eigenvalue weighted by Crippen LogP contribution is -2.11. The number of aromatic nitrogens is 4. The van der Waals surface area contributed by atoms with Crippen LogP contribution >= 0.6 is 22.9 Å². The average molecular weight is 526 g/mol. The highest BCUT2D eigenvalue weighted by atomic mass is 35.5. The molecular formula is C28H20ClN5O2S. The fourth-order valence-electron chi connectivity index (χ4n) is 4.15. The van der Waals surface area contributed by atoms with Crippen LogP contribution in [0.2, 0.25) is 5.02 Å². The zero-order valence-electron chi connectivity index (χ0n) is 19.9. The summed E-state index contributed by atoms with van der Waals surface area (Å²) in [6.45, 7) is 3.86. The molecular weight excluding hydrogens is 506 g/mol. The molecule has 1 amide bonds. The third-order valence-corrected chi connectivity index (χ3v) is 7.15. The fraction of sp³-hybridized carbons (Fsp3) is 0.0714. The molecule has 182 valence electrons. The molecule has 0 aliphatic heterocycles. The summed E-state index contributed by atoms with van der Waals surface area (Å²) in [7, 11) is 0. The average Bonchev–Trinajstić information content (AvgIpc) is 3.62. The minimum atomic E-state index is -0.369. The van der Waals surface area contributed by atoms with Crippen molar-refractivity contribution in [2.45, 2.75) is 13.8 Å². The predicted molar refractivity (Wildman–Crippen MR) is 147 cm³/mol. The molecule has 37 heavy (non-hydrogen) atoms. The first-order valence-electron chi connectivity index (χ1n) is 11.5. The van der Waals surface area contributed by atoms with Crippen molar-refractivity contribution in [1.82, 2.24) is 20.0 Å². The van der Waals surface area contributed by atoms with Crippen LogP contribution in [-0.4, -0.2) is 25.9 Å². The molecule has 3 aromatic carbocycles. The van der Waals surface area contributed by atoms with E-state index in [2.05, 4.69) is 15.5 Å². The Morgan fingerprint density at radius 1 is 1.00 bits per heavy atom. The van der Waals surface area contributed by atoms with Crippen LogP contribution in [-0.2, 0) is 0 Å². The maximum Gasteiger partial charge on any atom is 0.293 e. The number of amides is 1. The minimum Gasteiger partial charge on any atom is -0.451 e. The Balaban J connectivity index is 1.34. The van der Waals surface area contributed by atoms with E-state index in [0.717, 1.165) is 39.0 Å². The Morgan fingerprint density at radius 2 is 1.78 bits per heavy atom. The Hall–Kier alpha value is -4.27. The van der Waals surface area contributed by atoms with E-state index in [1.54, 1.807) is 4.68 Å². The zero-order valence-corrected chi connectivity index (χ0v) is 21.5. The van der Waals surface area contributed by atoms with Gasteiger partial charge in [-0.15, -0.1) is 10.2 Å². The molecule has 0 aliphatic rings. The van der Waals surface area contributed by atoms with Gasteiger partial charge in [-0.2, -0.15) is 5.10 Å². The van der Waals surface area contributed by atoms with E-state index in [4.69, 9.17) is 21.1 Å². The third-order valence-electron chi connectivity index (χ3n) is 6.03. The predicted octanol–water partition coefficient (Wildman–Crippen LogP) is 7.33. The number of aryl methyl sites for hydroxylation is 2. The number of halogens is 1. The highest BCUT2D eigenvalue weighted by Gasteiger charge is 2.22. The van der Waals surface area contributed by atoms with Gasteiger partial charge < -0.3 is 4.42 Å². The number of hydrogen-bond donors (Lipinski definition) is 1. The number of para-hydroxylation sites is 1. The van der Waals surface area contributed by atoms with Crippen molar-refractivity contribution >= 4 is 44.9 Å². The Morgan fingerprint density at radius 3 is 2.57 bits per heavy atom. The molecule has 0 bridgehead atoms. The molecule has 3 heterocycles. The van der Waals surface area contributed by atoms with Gasteiger partial charge in [-0.05, 0) is 49.7 Å². The largest absolute Gasteiger partial charge is 0.451 e. The Kier molecular flexibility index (Phi) is 5.82. The van der Waals surface area contributed by atoms with Gasteiger partial charge in [-0.1, -0.05) is 65.4 Å². The molecule has 6 rings (SSSR count). The number of rotatable bonds is 5. The van der Waals surface area contributed by atoms with Gasteiger partial charge in [0, 0.05) is 27.7 Å². The second-order valence-corrected chi connectivity index (χ2v) is 10.0. The lowest BCUT2D eigenvalue weighted by atomic mass is 10.1. The summed E-state index contributed by atoms with van der Waals surface area (Å²) in [4.78, 5) is 13.0. The van der Waals surface area contributed by atoms with Crippen LogP contribution in [0, 0.1) is 13.8 Å². The van der Waals surface area contributed by atoms with E-state index in [-0.39, 0.29) is 11.7 Å². The van der Waals surface area contributed by atoms with Crippen molar-refractivity contribution in [2.75, 3.05) is 5.32 Å². The molecule has 0 saturated heterocycles. The fourth-order valence-corrected chi connectivity index (χ4v) is 5.03. The van der Waals surface area contributed by atoms with E-state index in [9.17, 15) is 4.79 Å². The standard InChI is InChI=1S/C28H20ClN5O2S/c1-16-8-13-21-17(2)25(36-23(21)14-16)26(35)30-28-32-31-27(37-28)22-15-34(20-6-4-3-5-7-20)33-24(22)18-9-11-19(29)12-10-18/h3-15H,1-2H3,(H,30,32,35). The smallest absolute Gasteiger partial charge is 0.293 e. The highest BCUT2D eigenvalue weighted by Crippen LogP contribution is 2.36. The maximum atomic E-state index is 13.0. The van der Waals surface area contributed by atoms with Crippen molar-refractivity contribution in [3.63, 3.8) is 0 Å². The monoisotopic (exact) mass is 525 g/mol. The summed E-state index contributed by atoms with van der Waals surface area (Å²) in [5.74, 6) is -0.108. The van der Waals surface area contributed by atoms with Gasteiger partial charge in [0.05, 0.1) is 11.3 Å². The van der Waals surface area contributed by atoms with Gasteiger partial charge in [0.25, 0.3) is 5.91 Å². The third kappa shape index (κ3) is 4.41.